The van der Waals surface area contributed by atoms with Gasteiger partial charge in [-0.05, 0) is 68.2 Å². The van der Waals surface area contributed by atoms with E-state index in [0.717, 1.165) is 18.9 Å². The Labute approximate surface area is 248 Å². The molecule has 10 nitrogen and oxygen atoms in total. The standard InChI is InChI=1S/C28H40ClF3N4O6/c1-27(2,3)14-20(35-22(37)9-5-15-4-6-17(29)13-21(15)42-28(30,31)32)25(40)36-19(12-16-10-11-33-24(16)39)23(38)26(41)34-18-7-8-18/h4,6,13,16,18-20,24,26,33-34,39,41H,5,7-12,14H2,1-3H3,(H,35,37)(H,36,40)/t16-,19?,20-,24?,26?/m0/s1. The highest BCUT2D eigenvalue weighted by atomic mass is 35.5. The van der Waals surface area contributed by atoms with E-state index in [0.29, 0.717) is 13.0 Å². The molecule has 236 valence electrons. The quantitative estimate of drug-likeness (QED) is 0.174. The third-order valence-corrected chi connectivity index (χ3v) is 7.33. The molecule has 1 heterocycles. The van der Waals surface area contributed by atoms with Crippen LogP contribution in [0, 0.1) is 11.3 Å². The van der Waals surface area contributed by atoms with Crippen molar-refractivity contribution in [3.05, 3.63) is 28.8 Å². The molecule has 3 unspecified atom stereocenters. The van der Waals surface area contributed by atoms with Crippen molar-refractivity contribution in [1.82, 2.24) is 21.3 Å². The number of hydrogen-bond acceptors (Lipinski definition) is 8. The van der Waals surface area contributed by atoms with Gasteiger partial charge in [-0.1, -0.05) is 38.4 Å². The lowest BCUT2D eigenvalue weighted by molar-refractivity contribution is -0.274. The summed E-state index contributed by atoms with van der Waals surface area (Å²) in [5.74, 6) is -2.75. The molecule has 1 aromatic carbocycles. The molecule has 42 heavy (non-hydrogen) atoms. The van der Waals surface area contributed by atoms with Gasteiger partial charge in [0, 0.05) is 23.4 Å². The van der Waals surface area contributed by atoms with Crippen LogP contribution >= 0.6 is 11.6 Å². The van der Waals surface area contributed by atoms with Gasteiger partial charge in [-0.3, -0.25) is 25.0 Å². The minimum atomic E-state index is -4.95. The number of ether oxygens (including phenoxy) is 1. The van der Waals surface area contributed by atoms with Gasteiger partial charge in [0.25, 0.3) is 0 Å². The largest absolute Gasteiger partial charge is 0.573 e. The first-order valence-corrected chi connectivity index (χ1v) is 14.4. The van der Waals surface area contributed by atoms with Crippen molar-refractivity contribution in [2.75, 3.05) is 6.54 Å². The molecule has 1 saturated heterocycles. The van der Waals surface area contributed by atoms with Crippen molar-refractivity contribution in [2.24, 2.45) is 11.3 Å². The number of aryl methyl sites for hydroxylation is 1. The SMILES string of the molecule is CC(C)(C)C[C@H](NC(=O)CCc1ccc(Cl)cc1OC(F)(F)F)C(=O)NC(C[C@@H]1CCNC1O)C(=O)C(O)NC1CC1. The fourth-order valence-electron chi connectivity index (χ4n) is 4.85. The Morgan fingerprint density at radius 3 is 2.38 bits per heavy atom. The van der Waals surface area contributed by atoms with Crippen molar-refractivity contribution < 1.29 is 42.5 Å². The molecular weight excluding hydrogens is 581 g/mol. The number of halogens is 4. The number of carbonyl (C=O) groups excluding carboxylic acids is 3. The first kappa shape index (κ1) is 34.0. The van der Waals surface area contributed by atoms with Crippen LogP contribution in [-0.4, -0.2) is 71.3 Å². The molecule has 2 fully saturated rings. The van der Waals surface area contributed by atoms with Crippen LogP contribution in [0.5, 0.6) is 5.75 Å². The minimum absolute atomic E-state index is 0.0228. The highest BCUT2D eigenvalue weighted by molar-refractivity contribution is 6.30. The highest BCUT2D eigenvalue weighted by Gasteiger charge is 2.38. The van der Waals surface area contributed by atoms with E-state index < -0.39 is 59.7 Å². The number of ketones is 1. The molecule has 2 aliphatic rings. The highest BCUT2D eigenvalue weighted by Crippen LogP contribution is 2.30. The minimum Gasteiger partial charge on any atom is -0.405 e. The van der Waals surface area contributed by atoms with Crippen LogP contribution < -0.4 is 26.0 Å². The zero-order valence-electron chi connectivity index (χ0n) is 23.9. The summed E-state index contributed by atoms with van der Waals surface area (Å²) in [4.78, 5) is 39.6. The molecule has 14 heteroatoms. The molecule has 0 radical (unpaired) electrons. The zero-order valence-corrected chi connectivity index (χ0v) is 24.6. The predicted octanol–water partition coefficient (Wildman–Crippen LogP) is 2.53. The molecule has 1 aliphatic heterocycles. The summed E-state index contributed by atoms with van der Waals surface area (Å²) in [5, 5.41) is 31.8. The molecule has 1 aromatic rings. The van der Waals surface area contributed by atoms with Gasteiger partial charge >= 0.3 is 6.36 Å². The molecule has 2 amide bonds. The maximum absolute atomic E-state index is 13.5. The van der Waals surface area contributed by atoms with E-state index >= 15 is 0 Å². The van der Waals surface area contributed by atoms with Crippen molar-refractivity contribution >= 4 is 29.2 Å². The fourth-order valence-corrected chi connectivity index (χ4v) is 5.01. The molecule has 3 rings (SSSR count). The van der Waals surface area contributed by atoms with Gasteiger partial charge in [0.1, 0.15) is 18.0 Å². The lowest BCUT2D eigenvalue weighted by Crippen LogP contribution is -2.56. The number of hydrogen-bond donors (Lipinski definition) is 6. The molecular formula is C28H40ClF3N4O6. The molecule has 1 saturated carbocycles. The van der Waals surface area contributed by atoms with E-state index in [2.05, 4.69) is 26.0 Å². The van der Waals surface area contributed by atoms with Crippen molar-refractivity contribution in [3.63, 3.8) is 0 Å². The number of Topliss-reactive ketones (excluding diaryl/α,β-unsaturated/α-hetero) is 1. The Hall–Kier alpha value is -2.45. The van der Waals surface area contributed by atoms with Crippen LogP contribution in [0.25, 0.3) is 0 Å². The van der Waals surface area contributed by atoms with E-state index in [1.807, 2.05) is 20.8 Å². The first-order valence-electron chi connectivity index (χ1n) is 14.0. The number of aliphatic hydroxyl groups is 2. The van der Waals surface area contributed by atoms with Gasteiger partial charge in [0.05, 0.1) is 6.04 Å². The van der Waals surface area contributed by atoms with Crippen LogP contribution in [0.4, 0.5) is 13.2 Å². The Balaban J connectivity index is 1.70. The van der Waals surface area contributed by atoms with Crippen LogP contribution in [0.2, 0.25) is 5.02 Å². The maximum Gasteiger partial charge on any atom is 0.573 e. The van der Waals surface area contributed by atoms with Gasteiger partial charge in [-0.25, -0.2) is 0 Å². The average Bonchev–Trinajstić information content (AvgIpc) is 3.59. The molecule has 0 aromatic heterocycles. The van der Waals surface area contributed by atoms with Gasteiger partial charge in [-0.2, -0.15) is 0 Å². The third-order valence-electron chi connectivity index (χ3n) is 7.10. The normalized spacial score (nSPS) is 21.4. The van der Waals surface area contributed by atoms with Gasteiger partial charge in [0.2, 0.25) is 11.8 Å². The molecule has 0 spiro atoms. The Bertz CT molecular complexity index is 1110. The second-order valence-corrected chi connectivity index (χ2v) is 12.6. The summed E-state index contributed by atoms with van der Waals surface area (Å²) in [6.45, 7) is 6.12. The topological polar surface area (TPSA) is 149 Å². The second-order valence-electron chi connectivity index (χ2n) is 12.2. The summed E-state index contributed by atoms with van der Waals surface area (Å²) >= 11 is 5.81. The van der Waals surface area contributed by atoms with Crippen LogP contribution in [-0.2, 0) is 20.8 Å². The monoisotopic (exact) mass is 620 g/mol. The summed E-state index contributed by atoms with van der Waals surface area (Å²) in [5.41, 5.74) is -0.327. The molecule has 0 bridgehead atoms. The van der Waals surface area contributed by atoms with E-state index in [9.17, 15) is 37.8 Å². The van der Waals surface area contributed by atoms with Gasteiger partial charge in [-0.15, -0.1) is 13.2 Å². The summed E-state index contributed by atoms with van der Waals surface area (Å²) in [7, 11) is 0. The predicted molar refractivity (Wildman–Crippen MR) is 148 cm³/mol. The Morgan fingerprint density at radius 2 is 1.81 bits per heavy atom. The van der Waals surface area contributed by atoms with E-state index in [1.54, 1.807) is 0 Å². The zero-order chi connectivity index (χ0) is 31.2. The fraction of sp³-hybridized carbons (Fsp3) is 0.679. The summed E-state index contributed by atoms with van der Waals surface area (Å²) in [6, 6.07) is 1.54. The van der Waals surface area contributed by atoms with Gasteiger partial charge < -0.3 is 25.6 Å². The number of rotatable bonds is 14. The van der Waals surface area contributed by atoms with Crippen molar-refractivity contribution in [3.8, 4) is 5.75 Å². The average molecular weight is 621 g/mol. The smallest absolute Gasteiger partial charge is 0.405 e. The summed E-state index contributed by atoms with van der Waals surface area (Å²) in [6.07, 6.45) is -5.20. The van der Waals surface area contributed by atoms with Crippen LogP contribution in [0.15, 0.2) is 18.2 Å². The van der Waals surface area contributed by atoms with E-state index in [1.165, 1.54) is 12.1 Å². The lowest BCUT2D eigenvalue weighted by atomic mass is 9.87. The lowest BCUT2D eigenvalue weighted by Gasteiger charge is -2.29. The van der Waals surface area contributed by atoms with Crippen molar-refractivity contribution in [1.29, 1.82) is 0 Å². The second kappa shape index (κ2) is 14.3. The van der Waals surface area contributed by atoms with E-state index in [-0.39, 0.29) is 48.2 Å². The van der Waals surface area contributed by atoms with Crippen LogP contribution in [0.1, 0.15) is 64.9 Å². The number of benzene rings is 1. The maximum atomic E-state index is 13.5. The summed E-state index contributed by atoms with van der Waals surface area (Å²) < 4.78 is 42.6. The Morgan fingerprint density at radius 1 is 1.12 bits per heavy atom. The number of aliphatic hydroxyl groups excluding tert-OH is 2. The molecule has 5 atom stereocenters. The Kier molecular flexibility index (Phi) is 11.6. The van der Waals surface area contributed by atoms with Crippen LogP contribution in [0.3, 0.4) is 0 Å². The number of nitrogens with one attached hydrogen (secondary N) is 4. The first-order chi connectivity index (χ1) is 19.5. The van der Waals surface area contributed by atoms with Gasteiger partial charge in [0.15, 0.2) is 12.0 Å². The third kappa shape index (κ3) is 11.3. The van der Waals surface area contributed by atoms with E-state index in [4.69, 9.17) is 11.6 Å². The number of alkyl halides is 3. The molecule has 1 aliphatic carbocycles. The number of carbonyl (C=O) groups is 3. The number of amides is 2. The van der Waals surface area contributed by atoms with Crippen molar-refractivity contribution in [2.45, 2.75) is 103 Å². The molecule has 6 N–H and O–H groups in total.